The normalized spacial score (nSPS) is 11.3. The number of hydrogen-bond donors (Lipinski definition) is 2. The monoisotopic (exact) mass is 345 g/mol. The topological polar surface area (TPSA) is 83.5 Å². The van der Waals surface area contributed by atoms with Crippen molar-refractivity contribution in [1.82, 2.24) is 0 Å². The SMILES string of the molecule is Cc1cccc(Cl)c1NS(=O)(=O)c1ccc(CC(=O)O)s1. The Labute approximate surface area is 131 Å². The van der Waals surface area contributed by atoms with Crippen LogP contribution in [0.25, 0.3) is 0 Å². The molecule has 2 rings (SSSR count). The lowest BCUT2D eigenvalue weighted by molar-refractivity contribution is -0.136. The molecule has 0 unspecified atom stereocenters. The van der Waals surface area contributed by atoms with E-state index in [4.69, 9.17) is 16.7 Å². The largest absolute Gasteiger partial charge is 0.481 e. The molecule has 0 atom stereocenters. The molecule has 0 bridgehead atoms. The van der Waals surface area contributed by atoms with Gasteiger partial charge in [-0.3, -0.25) is 9.52 Å². The Hall–Kier alpha value is -1.57. The number of carboxylic acid groups (broad SMARTS) is 1. The summed E-state index contributed by atoms with van der Waals surface area (Å²) in [6, 6.07) is 7.94. The molecule has 0 aliphatic rings. The fraction of sp³-hybridized carbons (Fsp3) is 0.154. The van der Waals surface area contributed by atoms with Gasteiger partial charge in [-0.2, -0.15) is 0 Å². The number of thiophene rings is 1. The van der Waals surface area contributed by atoms with Crippen molar-refractivity contribution in [2.75, 3.05) is 4.72 Å². The van der Waals surface area contributed by atoms with E-state index in [0.29, 0.717) is 21.2 Å². The van der Waals surface area contributed by atoms with Gasteiger partial charge in [-0.05, 0) is 30.7 Å². The van der Waals surface area contributed by atoms with Gasteiger partial charge >= 0.3 is 5.97 Å². The number of halogens is 1. The minimum absolute atomic E-state index is 0.0538. The molecule has 0 spiro atoms. The summed E-state index contributed by atoms with van der Waals surface area (Å²) in [6.07, 6.45) is -0.203. The molecule has 2 N–H and O–H groups in total. The van der Waals surface area contributed by atoms with Crippen LogP contribution in [-0.2, 0) is 21.2 Å². The van der Waals surface area contributed by atoms with Crippen molar-refractivity contribution < 1.29 is 18.3 Å². The average molecular weight is 346 g/mol. The number of hydrogen-bond acceptors (Lipinski definition) is 4. The van der Waals surface area contributed by atoms with Gasteiger partial charge in [0.05, 0.1) is 17.1 Å². The first kappa shape index (κ1) is 15.8. The number of anilines is 1. The van der Waals surface area contributed by atoms with Crippen molar-refractivity contribution in [1.29, 1.82) is 0 Å². The van der Waals surface area contributed by atoms with E-state index in [-0.39, 0.29) is 10.6 Å². The Morgan fingerprint density at radius 2 is 2.05 bits per heavy atom. The van der Waals surface area contributed by atoms with Crippen molar-refractivity contribution >= 4 is 44.6 Å². The zero-order valence-corrected chi connectivity index (χ0v) is 13.3. The summed E-state index contributed by atoms with van der Waals surface area (Å²) >= 11 is 6.92. The van der Waals surface area contributed by atoms with Crippen LogP contribution in [0.4, 0.5) is 5.69 Å². The Morgan fingerprint density at radius 1 is 1.33 bits per heavy atom. The van der Waals surface area contributed by atoms with Gasteiger partial charge in [0.1, 0.15) is 4.21 Å². The predicted octanol–water partition coefficient (Wildman–Crippen LogP) is 3.14. The fourth-order valence-corrected chi connectivity index (χ4v) is 4.52. The van der Waals surface area contributed by atoms with Gasteiger partial charge in [0, 0.05) is 4.88 Å². The van der Waals surface area contributed by atoms with Crippen molar-refractivity contribution in [3.8, 4) is 0 Å². The van der Waals surface area contributed by atoms with Crippen LogP contribution >= 0.6 is 22.9 Å². The van der Waals surface area contributed by atoms with Gasteiger partial charge in [-0.1, -0.05) is 23.7 Å². The van der Waals surface area contributed by atoms with Crippen LogP contribution in [-0.4, -0.2) is 19.5 Å². The van der Waals surface area contributed by atoms with Crippen LogP contribution in [0.1, 0.15) is 10.4 Å². The van der Waals surface area contributed by atoms with Crippen molar-refractivity contribution in [2.45, 2.75) is 17.6 Å². The second-order valence-corrected chi connectivity index (χ2v) is 7.81. The molecule has 0 saturated heterocycles. The quantitative estimate of drug-likeness (QED) is 0.872. The summed E-state index contributed by atoms with van der Waals surface area (Å²) in [7, 11) is -3.78. The Balaban J connectivity index is 2.30. The maximum absolute atomic E-state index is 12.3. The van der Waals surface area contributed by atoms with E-state index in [1.54, 1.807) is 25.1 Å². The lowest BCUT2D eigenvalue weighted by atomic mass is 10.2. The molecule has 0 aliphatic carbocycles. The number of aryl methyl sites for hydroxylation is 1. The second-order valence-electron chi connectivity index (χ2n) is 4.33. The van der Waals surface area contributed by atoms with Crippen LogP contribution in [0.3, 0.4) is 0 Å². The average Bonchev–Trinajstić information content (AvgIpc) is 2.82. The van der Waals surface area contributed by atoms with Crippen molar-refractivity contribution in [3.05, 3.63) is 45.8 Å². The molecule has 8 heteroatoms. The van der Waals surface area contributed by atoms with Gasteiger partial charge in [0.2, 0.25) is 0 Å². The molecule has 0 amide bonds. The Bertz CT molecular complexity index is 763. The zero-order valence-electron chi connectivity index (χ0n) is 11.0. The number of aliphatic carboxylic acids is 1. The Kier molecular flexibility index (Phi) is 4.55. The third-order valence-electron chi connectivity index (χ3n) is 2.69. The molecule has 1 aromatic heterocycles. The van der Waals surface area contributed by atoms with Crippen molar-refractivity contribution in [3.63, 3.8) is 0 Å². The number of benzene rings is 1. The minimum atomic E-state index is -3.78. The molecule has 0 aliphatic heterocycles. The van der Waals surface area contributed by atoms with Gasteiger partial charge in [0.25, 0.3) is 10.0 Å². The van der Waals surface area contributed by atoms with Gasteiger partial charge in [-0.25, -0.2) is 8.42 Å². The summed E-state index contributed by atoms with van der Waals surface area (Å²) in [5, 5.41) is 9.02. The zero-order chi connectivity index (χ0) is 15.6. The Morgan fingerprint density at radius 3 is 2.67 bits per heavy atom. The van der Waals surface area contributed by atoms with Crippen molar-refractivity contribution in [2.24, 2.45) is 0 Å². The highest BCUT2D eigenvalue weighted by atomic mass is 35.5. The molecule has 2 aromatic rings. The summed E-state index contributed by atoms with van der Waals surface area (Å²) in [5.41, 5.74) is 1.03. The number of carbonyl (C=O) groups is 1. The van der Waals surface area contributed by atoms with Crippen LogP contribution in [0.2, 0.25) is 5.02 Å². The molecule has 0 radical (unpaired) electrons. The number of nitrogens with one attached hydrogen (secondary N) is 1. The van der Waals surface area contributed by atoms with Gasteiger partial charge < -0.3 is 5.11 Å². The van der Waals surface area contributed by atoms with E-state index in [0.717, 1.165) is 11.3 Å². The number of sulfonamides is 1. The third-order valence-corrected chi connectivity index (χ3v) is 5.93. The van der Waals surface area contributed by atoms with E-state index in [9.17, 15) is 13.2 Å². The second kappa shape index (κ2) is 6.05. The molecule has 1 heterocycles. The number of para-hydroxylation sites is 1. The third kappa shape index (κ3) is 3.75. The van der Waals surface area contributed by atoms with Crippen LogP contribution in [0.15, 0.2) is 34.5 Å². The smallest absolute Gasteiger partial charge is 0.308 e. The highest BCUT2D eigenvalue weighted by Crippen LogP contribution is 2.30. The molecular formula is C13H12ClNO4S2. The van der Waals surface area contributed by atoms with Crippen LogP contribution in [0.5, 0.6) is 0 Å². The van der Waals surface area contributed by atoms with E-state index < -0.39 is 16.0 Å². The lowest BCUT2D eigenvalue weighted by Gasteiger charge is -2.10. The molecule has 0 saturated carbocycles. The minimum Gasteiger partial charge on any atom is -0.481 e. The van der Waals surface area contributed by atoms with Crippen LogP contribution < -0.4 is 4.72 Å². The molecule has 1 aromatic carbocycles. The standard InChI is InChI=1S/C13H12ClNO4S2/c1-8-3-2-4-10(14)13(8)15-21(18,19)12-6-5-9(20-12)7-11(16)17/h2-6,15H,7H2,1H3,(H,16,17). The maximum Gasteiger partial charge on any atom is 0.308 e. The van der Waals surface area contributed by atoms with Crippen LogP contribution in [0, 0.1) is 6.92 Å². The predicted molar refractivity (Wildman–Crippen MR) is 82.7 cm³/mol. The first-order chi connectivity index (χ1) is 9.79. The number of carboxylic acids is 1. The lowest BCUT2D eigenvalue weighted by Crippen LogP contribution is -2.12. The summed E-state index contributed by atoms with van der Waals surface area (Å²) in [5.74, 6) is -1.00. The fourth-order valence-electron chi connectivity index (χ4n) is 1.69. The van der Waals surface area contributed by atoms with Gasteiger partial charge in [0.15, 0.2) is 0 Å². The highest BCUT2D eigenvalue weighted by Gasteiger charge is 2.19. The van der Waals surface area contributed by atoms with Gasteiger partial charge in [-0.15, -0.1) is 11.3 Å². The highest BCUT2D eigenvalue weighted by molar-refractivity contribution is 7.94. The van der Waals surface area contributed by atoms with E-state index in [2.05, 4.69) is 4.72 Å². The first-order valence-electron chi connectivity index (χ1n) is 5.88. The number of rotatable bonds is 5. The summed E-state index contributed by atoms with van der Waals surface area (Å²) < 4.78 is 27.1. The van der Waals surface area contributed by atoms with E-state index >= 15 is 0 Å². The van der Waals surface area contributed by atoms with E-state index in [1.165, 1.54) is 12.1 Å². The maximum atomic E-state index is 12.3. The molecular weight excluding hydrogens is 334 g/mol. The first-order valence-corrected chi connectivity index (χ1v) is 8.56. The molecule has 5 nitrogen and oxygen atoms in total. The van der Waals surface area contributed by atoms with E-state index in [1.807, 2.05) is 0 Å². The molecule has 112 valence electrons. The summed E-state index contributed by atoms with van der Waals surface area (Å²) in [6.45, 7) is 1.74. The molecule has 0 fully saturated rings. The summed E-state index contributed by atoms with van der Waals surface area (Å²) in [4.78, 5) is 11.1. The molecule has 21 heavy (non-hydrogen) atoms.